The highest BCUT2D eigenvalue weighted by molar-refractivity contribution is 7.17. The van der Waals surface area contributed by atoms with Gasteiger partial charge in [0.2, 0.25) is 5.91 Å². The number of ether oxygens (including phenoxy) is 2. The number of fused-ring (bicyclic) bond motifs is 1. The number of hydrogen-bond donors (Lipinski definition) is 2. The van der Waals surface area contributed by atoms with Gasteiger partial charge in [0.25, 0.3) is 5.91 Å². The lowest BCUT2D eigenvalue weighted by Gasteiger charge is -2.12. The summed E-state index contributed by atoms with van der Waals surface area (Å²) in [7, 11) is 1.30. The molecule has 0 spiro atoms. The van der Waals surface area contributed by atoms with Crippen LogP contribution in [0.5, 0.6) is 0 Å². The third-order valence-electron chi connectivity index (χ3n) is 4.11. The summed E-state index contributed by atoms with van der Waals surface area (Å²) in [5.41, 5.74) is 1.28. The molecule has 9 heteroatoms. The second-order valence-electron chi connectivity index (χ2n) is 6.20. The van der Waals surface area contributed by atoms with Gasteiger partial charge in [0.15, 0.2) is 6.61 Å². The van der Waals surface area contributed by atoms with Crippen molar-refractivity contribution in [3.05, 3.63) is 16.0 Å². The fourth-order valence-corrected chi connectivity index (χ4v) is 4.17. The molecule has 1 aliphatic rings. The van der Waals surface area contributed by atoms with E-state index >= 15 is 0 Å². The van der Waals surface area contributed by atoms with Crippen LogP contribution in [-0.4, -0.2) is 44.0 Å². The van der Waals surface area contributed by atoms with Crippen molar-refractivity contribution in [2.45, 2.75) is 45.4 Å². The third kappa shape index (κ3) is 6.06. The largest absolute Gasteiger partial charge is 0.469 e. The highest BCUT2D eigenvalue weighted by atomic mass is 32.1. The number of carbonyl (C=O) groups excluding carboxylic acids is 4. The summed E-state index contributed by atoms with van der Waals surface area (Å²) in [5.74, 6) is -1.66. The van der Waals surface area contributed by atoms with Gasteiger partial charge in [0.1, 0.15) is 5.00 Å². The molecule has 27 heavy (non-hydrogen) atoms. The number of esters is 2. The topological polar surface area (TPSA) is 111 Å². The molecule has 0 unspecified atom stereocenters. The van der Waals surface area contributed by atoms with E-state index in [9.17, 15) is 19.2 Å². The van der Waals surface area contributed by atoms with E-state index in [1.807, 2.05) is 0 Å². The Kier molecular flexibility index (Phi) is 7.78. The predicted octanol–water partition coefficient (Wildman–Crippen LogP) is 1.81. The van der Waals surface area contributed by atoms with Crippen molar-refractivity contribution >= 4 is 40.1 Å². The van der Waals surface area contributed by atoms with Crippen molar-refractivity contribution < 1.29 is 28.7 Å². The zero-order chi connectivity index (χ0) is 19.8. The molecule has 1 aromatic rings. The van der Waals surface area contributed by atoms with Crippen molar-refractivity contribution in [2.75, 3.05) is 25.6 Å². The SMILES string of the molecule is COC(=O)CCCNC(=O)COC(=O)c1c(NC(C)=O)sc2c1CCCC2. The standard InChI is InChI=1S/C18H24N2O6S/c1-11(21)20-17-16(12-6-3-4-7-13(12)27-17)18(24)26-10-14(22)19-9-5-8-15(23)25-2/h3-10H2,1-2H3,(H,19,22)(H,20,21). The predicted molar refractivity (Wildman–Crippen MR) is 99.8 cm³/mol. The van der Waals surface area contributed by atoms with Gasteiger partial charge in [-0.25, -0.2) is 4.79 Å². The number of nitrogens with one attached hydrogen (secondary N) is 2. The summed E-state index contributed by atoms with van der Waals surface area (Å²) in [4.78, 5) is 47.9. The molecule has 2 N–H and O–H groups in total. The van der Waals surface area contributed by atoms with Gasteiger partial charge >= 0.3 is 11.9 Å². The summed E-state index contributed by atoms with van der Waals surface area (Å²) < 4.78 is 9.66. The third-order valence-corrected chi connectivity index (χ3v) is 5.31. The number of thiophene rings is 1. The van der Waals surface area contributed by atoms with E-state index in [2.05, 4.69) is 15.4 Å². The van der Waals surface area contributed by atoms with Gasteiger partial charge in [-0.2, -0.15) is 0 Å². The van der Waals surface area contributed by atoms with Crippen molar-refractivity contribution in [2.24, 2.45) is 0 Å². The molecule has 0 saturated carbocycles. The number of amides is 2. The number of hydrogen-bond acceptors (Lipinski definition) is 7. The molecule has 0 radical (unpaired) electrons. The summed E-state index contributed by atoms with van der Waals surface area (Å²) in [5, 5.41) is 5.76. The molecule has 8 nitrogen and oxygen atoms in total. The monoisotopic (exact) mass is 396 g/mol. The highest BCUT2D eigenvalue weighted by Crippen LogP contribution is 2.38. The van der Waals surface area contributed by atoms with E-state index in [1.54, 1.807) is 0 Å². The van der Waals surface area contributed by atoms with Crippen molar-refractivity contribution in [3.63, 3.8) is 0 Å². The van der Waals surface area contributed by atoms with Crippen molar-refractivity contribution in [1.82, 2.24) is 5.32 Å². The minimum absolute atomic E-state index is 0.206. The van der Waals surface area contributed by atoms with E-state index in [0.717, 1.165) is 36.1 Å². The first-order valence-corrected chi connectivity index (χ1v) is 9.66. The van der Waals surface area contributed by atoms with E-state index < -0.39 is 18.5 Å². The van der Waals surface area contributed by atoms with Crippen LogP contribution in [0, 0.1) is 0 Å². The first-order valence-electron chi connectivity index (χ1n) is 8.85. The Morgan fingerprint density at radius 2 is 1.89 bits per heavy atom. The molecule has 0 atom stereocenters. The molecule has 1 aliphatic carbocycles. The Balaban J connectivity index is 1.91. The van der Waals surface area contributed by atoms with Crippen LogP contribution in [0.1, 0.15) is 53.4 Å². The number of rotatable bonds is 8. The van der Waals surface area contributed by atoms with E-state index in [-0.39, 0.29) is 24.8 Å². The van der Waals surface area contributed by atoms with E-state index in [4.69, 9.17) is 4.74 Å². The molecule has 0 bridgehead atoms. The Labute approximate surface area is 161 Å². The van der Waals surface area contributed by atoms with Crippen LogP contribution in [0.25, 0.3) is 0 Å². The van der Waals surface area contributed by atoms with Crippen LogP contribution in [0.15, 0.2) is 0 Å². The molecular formula is C18H24N2O6S. The molecule has 1 aromatic heterocycles. The normalized spacial score (nSPS) is 12.7. The molecule has 0 fully saturated rings. The number of aryl methyl sites for hydroxylation is 1. The molecule has 0 aliphatic heterocycles. The van der Waals surface area contributed by atoms with Crippen molar-refractivity contribution in [1.29, 1.82) is 0 Å². The lowest BCUT2D eigenvalue weighted by Crippen LogP contribution is -2.30. The molecule has 0 aromatic carbocycles. The Bertz CT molecular complexity index is 728. The lowest BCUT2D eigenvalue weighted by atomic mass is 9.95. The molecular weight excluding hydrogens is 372 g/mol. The van der Waals surface area contributed by atoms with E-state index in [1.165, 1.54) is 25.4 Å². The molecule has 1 heterocycles. The van der Waals surface area contributed by atoms with Crippen LogP contribution in [0.3, 0.4) is 0 Å². The van der Waals surface area contributed by atoms with Gasteiger partial charge in [-0.05, 0) is 37.7 Å². The van der Waals surface area contributed by atoms with Crippen LogP contribution in [0.4, 0.5) is 5.00 Å². The maximum atomic E-state index is 12.5. The quantitative estimate of drug-likeness (QED) is 0.512. The fraction of sp³-hybridized carbons (Fsp3) is 0.556. The van der Waals surface area contributed by atoms with Crippen LogP contribution < -0.4 is 10.6 Å². The average Bonchev–Trinajstić information content (AvgIpc) is 3.00. The van der Waals surface area contributed by atoms with Gasteiger partial charge in [-0.3, -0.25) is 14.4 Å². The molecule has 2 amide bonds. The van der Waals surface area contributed by atoms with Crippen LogP contribution in [0.2, 0.25) is 0 Å². The maximum Gasteiger partial charge on any atom is 0.341 e. The molecule has 148 valence electrons. The minimum atomic E-state index is -0.608. The first-order chi connectivity index (χ1) is 12.9. The first kappa shape index (κ1) is 20.9. The van der Waals surface area contributed by atoms with Crippen LogP contribution >= 0.6 is 11.3 Å². The summed E-state index contributed by atoms with van der Waals surface area (Å²) in [6.07, 6.45) is 4.31. The maximum absolute atomic E-state index is 12.5. The van der Waals surface area contributed by atoms with Crippen molar-refractivity contribution in [3.8, 4) is 0 Å². The minimum Gasteiger partial charge on any atom is -0.469 e. The smallest absolute Gasteiger partial charge is 0.341 e. The number of anilines is 1. The lowest BCUT2D eigenvalue weighted by molar-refractivity contribution is -0.140. The fourth-order valence-electron chi connectivity index (χ4n) is 2.85. The Hall–Kier alpha value is -2.42. The van der Waals surface area contributed by atoms with Crippen LogP contribution in [-0.2, 0) is 36.7 Å². The molecule has 2 rings (SSSR count). The second-order valence-corrected chi connectivity index (χ2v) is 7.31. The summed E-state index contributed by atoms with van der Waals surface area (Å²) in [6, 6.07) is 0. The van der Waals surface area contributed by atoms with Gasteiger partial charge in [-0.1, -0.05) is 0 Å². The zero-order valence-corrected chi connectivity index (χ0v) is 16.3. The van der Waals surface area contributed by atoms with Gasteiger partial charge in [0.05, 0.1) is 12.7 Å². The number of carbonyl (C=O) groups is 4. The average molecular weight is 396 g/mol. The van der Waals surface area contributed by atoms with Gasteiger partial charge in [-0.15, -0.1) is 11.3 Å². The highest BCUT2D eigenvalue weighted by Gasteiger charge is 2.27. The Morgan fingerprint density at radius 1 is 1.15 bits per heavy atom. The Morgan fingerprint density at radius 3 is 2.59 bits per heavy atom. The van der Waals surface area contributed by atoms with E-state index in [0.29, 0.717) is 17.0 Å². The van der Waals surface area contributed by atoms with Gasteiger partial charge in [0, 0.05) is 24.8 Å². The van der Waals surface area contributed by atoms with Gasteiger partial charge < -0.3 is 20.1 Å². The summed E-state index contributed by atoms with van der Waals surface area (Å²) in [6.45, 7) is 1.26. The zero-order valence-electron chi connectivity index (χ0n) is 15.5. The number of methoxy groups -OCH3 is 1. The second kappa shape index (κ2) is 10.1. The molecule has 0 saturated heterocycles. The summed E-state index contributed by atoms with van der Waals surface area (Å²) >= 11 is 1.40.